The van der Waals surface area contributed by atoms with Crippen molar-refractivity contribution in [1.82, 2.24) is 0 Å². The number of rotatable bonds is 8. The number of hydrogen-bond acceptors (Lipinski definition) is 5. The summed E-state index contributed by atoms with van der Waals surface area (Å²) in [4.78, 5) is 10.6. The van der Waals surface area contributed by atoms with Gasteiger partial charge >= 0.3 is 0 Å². The van der Waals surface area contributed by atoms with E-state index in [-0.39, 0.29) is 23.7 Å². The molecule has 3 aromatic rings. The van der Waals surface area contributed by atoms with Crippen LogP contribution < -0.4 is 9.47 Å². The smallest absolute Gasteiger partial charge is 0.270 e. The van der Waals surface area contributed by atoms with E-state index in [9.17, 15) is 19.8 Å². The molecule has 0 aliphatic carbocycles. The second-order valence-corrected chi connectivity index (χ2v) is 7.78. The molecule has 0 heterocycles. The highest BCUT2D eigenvalue weighted by atomic mass is 127. The van der Waals surface area contributed by atoms with Crippen molar-refractivity contribution in [3.05, 3.63) is 96.9 Å². The lowest BCUT2D eigenvalue weighted by Crippen LogP contribution is -2.03. The molecule has 6 nitrogen and oxygen atoms in total. The van der Waals surface area contributed by atoms with E-state index in [2.05, 4.69) is 28.7 Å². The van der Waals surface area contributed by atoms with E-state index in [0.29, 0.717) is 38.4 Å². The Bertz CT molecular complexity index is 1220. The quantitative estimate of drug-likeness (QED) is 0.108. The van der Waals surface area contributed by atoms with Gasteiger partial charge in [0.25, 0.3) is 5.69 Å². The summed E-state index contributed by atoms with van der Waals surface area (Å²) in [7, 11) is 0. The molecule has 0 fully saturated rings. The number of hydrogen-bond donors (Lipinski definition) is 0. The Kier molecular flexibility index (Phi) is 7.78. The lowest BCUT2D eigenvalue weighted by atomic mass is 10.0. The zero-order chi connectivity index (χ0) is 23.1. The van der Waals surface area contributed by atoms with Gasteiger partial charge in [-0.1, -0.05) is 30.3 Å². The van der Waals surface area contributed by atoms with Gasteiger partial charge < -0.3 is 9.47 Å². The Labute approximate surface area is 198 Å². The number of nitro benzene ring substituents is 1. The van der Waals surface area contributed by atoms with Crippen LogP contribution in [0, 0.1) is 30.8 Å². The molecule has 0 N–H and O–H groups in total. The van der Waals surface area contributed by atoms with Crippen molar-refractivity contribution in [2.24, 2.45) is 0 Å². The van der Waals surface area contributed by atoms with Crippen molar-refractivity contribution in [3.8, 4) is 17.6 Å². The molecule has 0 aromatic heterocycles. The number of nitro groups is 1. The third-order valence-corrected chi connectivity index (χ3v) is 5.26. The normalized spacial score (nSPS) is 11.0. The van der Waals surface area contributed by atoms with E-state index < -0.39 is 4.92 Å². The largest absolute Gasteiger partial charge is 0.490 e. The molecule has 8 heteroatoms. The third-order valence-electron chi connectivity index (χ3n) is 4.46. The van der Waals surface area contributed by atoms with Crippen molar-refractivity contribution in [2.75, 3.05) is 6.61 Å². The number of benzene rings is 3. The Balaban J connectivity index is 1.95. The lowest BCUT2D eigenvalue weighted by molar-refractivity contribution is -0.384. The summed E-state index contributed by atoms with van der Waals surface area (Å²) in [6, 6.07) is 17.9. The fourth-order valence-electron chi connectivity index (χ4n) is 2.97. The number of nitriles is 1. The molecule has 0 saturated carbocycles. The molecular weight excluding hydrogens is 526 g/mol. The van der Waals surface area contributed by atoms with Crippen LogP contribution in [0.25, 0.3) is 11.6 Å². The molecule has 0 radical (unpaired) electrons. The van der Waals surface area contributed by atoms with Crippen LogP contribution >= 0.6 is 22.6 Å². The lowest BCUT2D eigenvalue weighted by Gasteiger charge is -2.15. The summed E-state index contributed by atoms with van der Waals surface area (Å²) in [6.45, 7) is 2.25. The van der Waals surface area contributed by atoms with Crippen LogP contribution in [0.2, 0.25) is 0 Å². The van der Waals surface area contributed by atoms with Crippen molar-refractivity contribution in [2.45, 2.75) is 13.5 Å². The van der Waals surface area contributed by atoms with Gasteiger partial charge in [-0.25, -0.2) is 4.39 Å². The Morgan fingerprint density at radius 1 is 1.19 bits per heavy atom. The zero-order valence-electron chi connectivity index (χ0n) is 17.0. The SMILES string of the molecule is CCOc1cc(/C=C(/C#N)c2cccc([N+](=O)[O-])c2)cc(I)c1OCc1ccccc1F. The molecular formula is C24H18FIN2O4. The van der Waals surface area contributed by atoms with Gasteiger partial charge in [-0.15, -0.1) is 0 Å². The molecule has 0 amide bonds. The van der Waals surface area contributed by atoms with Gasteiger partial charge in [0.05, 0.1) is 26.7 Å². The zero-order valence-corrected chi connectivity index (χ0v) is 19.2. The summed E-state index contributed by atoms with van der Waals surface area (Å²) in [5.74, 6) is 0.579. The van der Waals surface area contributed by atoms with Crippen LogP contribution in [0.5, 0.6) is 11.5 Å². The molecule has 3 aromatic carbocycles. The average Bonchev–Trinajstić information content (AvgIpc) is 2.78. The van der Waals surface area contributed by atoms with Crippen molar-refractivity contribution >= 4 is 39.9 Å². The predicted octanol–water partition coefficient (Wildman–Crippen LogP) is 6.38. The highest BCUT2D eigenvalue weighted by Crippen LogP contribution is 2.36. The van der Waals surface area contributed by atoms with Gasteiger partial charge in [0.2, 0.25) is 0 Å². The highest BCUT2D eigenvalue weighted by molar-refractivity contribution is 14.1. The van der Waals surface area contributed by atoms with Crippen LogP contribution in [0.15, 0.2) is 60.7 Å². The molecule has 0 bridgehead atoms. The van der Waals surface area contributed by atoms with Crippen molar-refractivity contribution < 1.29 is 18.8 Å². The number of allylic oxidation sites excluding steroid dienone is 1. The van der Waals surface area contributed by atoms with E-state index in [1.165, 1.54) is 24.3 Å². The molecule has 3 rings (SSSR count). The van der Waals surface area contributed by atoms with Crippen LogP contribution in [-0.2, 0) is 6.61 Å². The maximum atomic E-state index is 13.9. The second-order valence-electron chi connectivity index (χ2n) is 6.62. The van der Waals surface area contributed by atoms with Crippen molar-refractivity contribution in [3.63, 3.8) is 0 Å². The summed E-state index contributed by atoms with van der Waals surface area (Å²) in [5, 5.41) is 20.7. The minimum absolute atomic E-state index is 0.0368. The first-order chi connectivity index (χ1) is 15.4. The molecule has 0 spiro atoms. The topological polar surface area (TPSA) is 85.4 Å². The molecule has 0 aliphatic rings. The highest BCUT2D eigenvalue weighted by Gasteiger charge is 2.14. The molecule has 32 heavy (non-hydrogen) atoms. The average molecular weight is 544 g/mol. The molecule has 0 saturated heterocycles. The Hall–Kier alpha value is -3.45. The Morgan fingerprint density at radius 2 is 1.97 bits per heavy atom. The van der Waals surface area contributed by atoms with E-state index in [0.717, 1.165) is 0 Å². The van der Waals surface area contributed by atoms with Crippen LogP contribution in [-0.4, -0.2) is 11.5 Å². The number of nitrogens with zero attached hydrogens (tertiary/aromatic N) is 2. The summed E-state index contributed by atoms with van der Waals surface area (Å²) >= 11 is 2.09. The third kappa shape index (κ3) is 5.62. The van der Waals surface area contributed by atoms with Crippen molar-refractivity contribution in [1.29, 1.82) is 5.26 Å². The van der Waals surface area contributed by atoms with Gasteiger partial charge in [0.15, 0.2) is 11.5 Å². The maximum absolute atomic E-state index is 13.9. The van der Waals surface area contributed by atoms with Gasteiger partial charge in [-0.2, -0.15) is 5.26 Å². The fraction of sp³-hybridized carbons (Fsp3) is 0.125. The van der Waals surface area contributed by atoms with E-state index in [1.54, 1.807) is 42.5 Å². The maximum Gasteiger partial charge on any atom is 0.270 e. The van der Waals surface area contributed by atoms with Crippen LogP contribution in [0.1, 0.15) is 23.6 Å². The molecule has 0 unspecified atom stereocenters. The first-order valence-corrected chi connectivity index (χ1v) is 10.7. The standard InChI is InChI=1S/C24H18FIN2O4/c1-2-31-23-12-16(10-19(14-27)17-7-5-8-20(13-17)28(29)30)11-22(26)24(23)32-15-18-6-3-4-9-21(18)25/h3-13H,2,15H2,1H3/b19-10-. The predicted molar refractivity (Wildman–Crippen MR) is 128 cm³/mol. The van der Waals surface area contributed by atoms with Gasteiger partial charge in [-0.3, -0.25) is 10.1 Å². The molecule has 0 atom stereocenters. The van der Waals surface area contributed by atoms with Gasteiger partial charge in [0.1, 0.15) is 12.4 Å². The molecule has 162 valence electrons. The number of non-ortho nitro benzene ring substituents is 1. The molecule has 0 aliphatic heterocycles. The second kappa shape index (κ2) is 10.7. The van der Waals surface area contributed by atoms with Gasteiger partial charge in [0, 0.05) is 17.7 Å². The number of ether oxygens (including phenoxy) is 2. The number of halogens is 2. The minimum Gasteiger partial charge on any atom is -0.490 e. The van der Waals surface area contributed by atoms with Crippen LogP contribution in [0.3, 0.4) is 0 Å². The van der Waals surface area contributed by atoms with Gasteiger partial charge in [-0.05, 0) is 64.9 Å². The van der Waals surface area contributed by atoms with E-state index in [1.807, 2.05) is 6.92 Å². The minimum atomic E-state index is -0.504. The van der Waals surface area contributed by atoms with E-state index >= 15 is 0 Å². The van der Waals surface area contributed by atoms with E-state index in [4.69, 9.17) is 9.47 Å². The summed E-state index contributed by atoms with van der Waals surface area (Å²) < 4.78 is 26.2. The monoisotopic (exact) mass is 544 g/mol. The first-order valence-electron chi connectivity index (χ1n) is 9.62. The first kappa shape index (κ1) is 23.2. The summed E-state index contributed by atoms with van der Waals surface area (Å²) in [5.41, 5.74) is 1.71. The van der Waals surface area contributed by atoms with Crippen LogP contribution in [0.4, 0.5) is 10.1 Å². The Morgan fingerprint density at radius 3 is 2.66 bits per heavy atom. The fourth-order valence-corrected chi connectivity index (χ4v) is 3.75. The summed E-state index contributed by atoms with van der Waals surface area (Å²) in [6.07, 6.45) is 1.63.